The van der Waals surface area contributed by atoms with Crippen LogP contribution in [-0.4, -0.2) is 11.1 Å². The highest BCUT2D eigenvalue weighted by Gasteiger charge is 2.35. The third-order valence-corrected chi connectivity index (χ3v) is 7.59. The number of hydrogen-bond donors (Lipinski definition) is 0. The zero-order valence-corrected chi connectivity index (χ0v) is 23.7. The highest BCUT2D eigenvalue weighted by molar-refractivity contribution is 8.19. The number of carbonyl (C=O) groups is 1. The summed E-state index contributed by atoms with van der Waals surface area (Å²) in [6.07, 6.45) is 1.70. The number of carbonyl (C=O) groups excluding carboxylic acids is 1. The average molecular weight is 618 g/mol. The second-order valence-corrected chi connectivity index (χ2v) is 11.0. The van der Waals surface area contributed by atoms with Crippen LogP contribution in [0.25, 0.3) is 6.08 Å². The molecule has 0 radical (unpaired) electrons. The van der Waals surface area contributed by atoms with E-state index in [-0.39, 0.29) is 28.4 Å². The van der Waals surface area contributed by atoms with Crippen LogP contribution in [0.3, 0.4) is 0 Å². The molecule has 1 aliphatic rings. The van der Waals surface area contributed by atoms with Gasteiger partial charge in [0.25, 0.3) is 5.91 Å². The van der Waals surface area contributed by atoms with Gasteiger partial charge >= 0.3 is 0 Å². The van der Waals surface area contributed by atoms with Crippen molar-refractivity contribution in [3.05, 3.63) is 127 Å². The van der Waals surface area contributed by atoms with E-state index in [0.29, 0.717) is 42.8 Å². The lowest BCUT2D eigenvalue weighted by Crippen LogP contribution is -2.28. The molecule has 1 aliphatic heterocycles. The van der Waals surface area contributed by atoms with Gasteiger partial charge in [-0.15, -0.1) is 0 Å². The monoisotopic (exact) mass is 616 g/mol. The summed E-state index contributed by atoms with van der Waals surface area (Å²) >= 11 is 26.3. The fourth-order valence-electron chi connectivity index (χ4n) is 3.68. The number of aliphatic imine (C=N–C) groups is 1. The first-order chi connectivity index (χ1) is 18.8. The number of rotatable bonds is 6. The first-order valence-corrected chi connectivity index (χ1v) is 13.8. The predicted molar refractivity (Wildman–Crippen MR) is 160 cm³/mol. The van der Waals surface area contributed by atoms with Gasteiger partial charge in [0.2, 0.25) is 0 Å². The molecule has 39 heavy (non-hydrogen) atoms. The van der Waals surface area contributed by atoms with Crippen molar-refractivity contribution in [2.75, 3.05) is 4.90 Å². The van der Waals surface area contributed by atoms with Gasteiger partial charge in [-0.1, -0.05) is 58.5 Å². The summed E-state index contributed by atoms with van der Waals surface area (Å²) in [6, 6.07) is 23.2. The topological polar surface area (TPSA) is 41.9 Å². The molecule has 0 N–H and O–H groups in total. The number of hydrogen-bond acceptors (Lipinski definition) is 4. The van der Waals surface area contributed by atoms with E-state index in [9.17, 15) is 9.18 Å². The van der Waals surface area contributed by atoms with E-state index in [4.69, 9.17) is 51.1 Å². The van der Waals surface area contributed by atoms with Crippen molar-refractivity contribution in [2.24, 2.45) is 4.99 Å². The lowest BCUT2D eigenvalue weighted by Gasteiger charge is -2.15. The fourth-order valence-corrected chi connectivity index (χ4v) is 5.55. The van der Waals surface area contributed by atoms with E-state index in [1.54, 1.807) is 78.9 Å². The van der Waals surface area contributed by atoms with Crippen LogP contribution in [0.2, 0.25) is 20.1 Å². The highest BCUT2D eigenvalue weighted by Crippen LogP contribution is 2.40. The van der Waals surface area contributed by atoms with Gasteiger partial charge in [0, 0.05) is 10.0 Å². The lowest BCUT2D eigenvalue weighted by molar-refractivity contribution is -0.113. The van der Waals surface area contributed by atoms with Crippen LogP contribution >= 0.6 is 58.2 Å². The number of halogens is 5. The standard InChI is InChI=1S/C29H17Cl4FN2O2S/c30-19-3-9-22(10-4-19)35-29-36(23-11-5-20(31)6-12-23)28(37)26(39-29)15-18-13-24(32)27(25(33)14-18)38-16-17-1-7-21(34)8-2-17/h1-15H,16H2/b26-15-,35-29?. The molecule has 0 atom stereocenters. The van der Waals surface area contributed by atoms with E-state index >= 15 is 0 Å². The minimum Gasteiger partial charge on any atom is -0.486 e. The summed E-state index contributed by atoms with van der Waals surface area (Å²) in [6.45, 7) is 0.162. The van der Waals surface area contributed by atoms with Crippen molar-refractivity contribution in [1.82, 2.24) is 0 Å². The number of nitrogens with zero attached hydrogens (tertiary/aromatic N) is 2. The number of amidine groups is 1. The molecule has 4 aromatic rings. The molecular weight excluding hydrogens is 601 g/mol. The Bertz CT molecular complexity index is 1570. The Morgan fingerprint density at radius 1 is 0.846 bits per heavy atom. The summed E-state index contributed by atoms with van der Waals surface area (Å²) in [5.74, 6) is -0.301. The molecule has 1 amide bonds. The van der Waals surface area contributed by atoms with Gasteiger partial charge in [-0.2, -0.15) is 0 Å². The maximum Gasteiger partial charge on any atom is 0.271 e. The molecular formula is C29H17Cl4FN2O2S. The Balaban J connectivity index is 1.44. The van der Waals surface area contributed by atoms with E-state index in [1.807, 2.05) is 0 Å². The second kappa shape index (κ2) is 12.0. The van der Waals surface area contributed by atoms with Crippen molar-refractivity contribution in [3.8, 4) is 5.75 Å². The SMILES string of the molecule is O=C1/C(=C/c2cc(Cl)c(OCc3ccc(F)cc3)c(Cl)c2)SC(=Nc2ccc(Cl)cc2)N1c1ccc(Cl)cc1. The molecule has 0 spiro atoms. The Morgan fingerprint density at radius 3 is 2.05 bits per heavy atom. The number of ether oxygens (including phenoxy) is 1. The molecule has 1 heterocycles. The zero-order chi connectivity index (χ0) is 27.5. The number of anilines is 1. The number of amides is 1. The summed E-state index contributed by atoms with van der Waals surface area (Å²) in [7, 11) is 0. The molecule has 10 heteroatoms. The Hall–Kier alpha value is -3.00. The van der Waals surface area contributed by atoms with E-state index in [1.165, 1.54) is 28.8 Å². The van der Waals surface area contributed by atoms with Crippen LogP contribution in [0, 0.1) is 5.82 Å². The van der Waals surface area contributed by atoms with Crippen LogP contribution in [-0.2, 0) is 11.4 Å². The molecule has 0 bridgehead atoms. The molecule has 0 saturated carbocycles. The van der Waals surface area contributed by atoms with Gasteiger partial charge in [0.05, 0.1) is 26.3 Å². The molecule has 4 aromatic carbocycles. The first-order valence-electron chi connectivity index (χ1n) is 11.5. The molecule has 0 aromatic heterocycles. The number of thioether (sulfide) groups is 1. The van der Waals surface area contributed by atoms with Gasteiger partial charge in [0.15, 0.2) is 10.9 Å². The first kappa shape index (κ1) is 27.6. The van der Waals surface area contributed by atoms with E-state index < -0.39 is 0 Å². The Kier molecular flexibility index (Phi) is 8.50. The van der Waals surface area contributed by atoms with Crippen molar-refractivity contribution in [1.29, 1.82) is 0 Å². The van der Waals surface area contributed by atoms with Crippen molar-refractivity contribution in [3.63, 3.8) is 0 Å². The summed E-state index contributed by atoms with van der Waals surface area (Å²) in [5.41, 5.74) is 2.63. The van der Waals surface area contributed by atoms with Gasteiger partial charge in [0.1, 0.15) is 12.4 Å². The second-order valence-electron chi connectivity index (χ2n) is 8.33. The van der Waals surface area contributed by atoms with Crippen LogP contribution in [0.4, 0.5) is 15.8 Å². The van der Waals surface area contributed by atoms with Crippen LogP contribution in [0.1, 0.15) is 11.1 Å². The zero-order valence-electron chi connectivity index (χ0n) is 19.9. The van der Waals surface area contributed by atoms with Gasteiger partial charge in [-0.05, 0) is 102 Å². The fraction of sp³-hybridized carbons (Fsp3) is 0.0345. The number of benzene rings is 4. The van der Waals surface area contributed by atoms with E-state index in [0.717, 1.165) is 5.56 Å². The molecule has 1 fully saturated rings. The van der Waals surface area contributed by atoms with Crippen LogP contribution < -0.4 is 9.64 Å². The summed E-state index contributed by atoms with van der Waals surface area (Å²) in [4.78, 5) is 20.2. The largest absolute Gasteiger partial charge is 0.486 e. The highest BCUT2D eigenvalue weighted by atomic mass is 35.5. The minimum absolute atomic E-state index is 0.162. The third kappa shape index (κ3) is 6.60. The van der Waals surface area contributed by atoms with Crippen molar-refractivity contribution >= 4 is 86.7 Å². The third-order valence-electron chi connectivity index (χ3n) is 5.56. The molecule has 0 unspecified atom stereocenters. The lowest BCUT2D eigenvalue weighted by atomic mass is 10.2. The molecule has 4 nitrogen and oxygen atoms in total. The molecule has 1 saturated heterocycles. The molecule has 5 rings (SSSR count). The minimum atomic E-state index is -0.331. The van der Waals surface area contributed by atoms with Gasteiger partial charge < -0.3 is 4.74 Å². The van der Waals surface area contributed by atoms with Crippen LogP contribution in [0.5, 0.6) is 5.75 Å². The summed E-state index contributed by atoms with van der Waals surface area (Å²) in [5, 5.41) is 2.15. The van der Waals surface area contributed by atoms with Crippen molar-refractivity contribution < 1.29 is 13.9 Å². The van der Waals surface area contributed by atoms with E-state index in [2.05, 4.69) is 4.99 Å². The van der Waals surface area contributed by atoms with Crippen LogP contribution in [0.15, 0.2) is 94.8 Å². The quantitative estimate of drug-likeness (QED) is 0.202. The Morgan fingerprint density at radius 2 is 1.44 bits per heavy atom. The Labute approximate surface area is 248 Å². The van der Waals surface area contributed by atoms with Crippen molar-refractivity contribution in [2.45, 2.75) is 6.61 Å². The molecule has 0 aliphatic carbocycles. The maximum atomic E-state index is 13.6. The maximum absolute atomic E-state index is 13.6. The molecule has 196 valence electrons. The van der Waals surface area contributed by atoms with Gasteiger partial charge in [-0.3, -0.25) is 9.69 Å². The average Bonchev–Trinajstić information content (AvgIpc) is 3.20. The van der Waals surface area contributed by atoms with Gasteiger partial charge in [-0.25, -0.2) is 9.38 Å². The predicted octanol–water partition coefficient (Wildman–Crippen LogP) is 9.83. The smallest absolute Gasteiger partial charge is 0.271 e. The summed E-state index contributed by atoms with van der Waals surface area (Å²) < 4.78 is 19.0. The normalized spacial score (nSPS) is 15.4.